The van der Waals surface area contributed by atoms with Crippen molar-refractivity contribution in [2.24, 2.45) is 11.7 Å². The van der Waals surface area contributed by atoms with E-state index in [-0.39, 0.29) is 24.3 Å². The van der Waals surface area contributed by atoms with E-state index in [4.69, 9.17) is 11.5 Å². The van der Waals surface area contributed by atoms with Crippen molar-refractivity contribution in [3.63, 3.8) is 0 Å². The molecule has 0 saturated carbocycles. The number of nitrogens with one attached hydrogen (secondary N) is 1. The summed E-state index contributed by atoms with van der Waals surface area (Å²) in [4.78, 5) is 25.3. The minimum atomic E-state index is -0.285. The molecule has 1 fully saturated rings. The molecule has 0 radical (unpaired) electrons. The molecular weight excluding hydrogens is 268 g/mol. The minimum absolute atomic E-state index is 0.103. The van der Waals surface area contributed by atoms with Crippen molar-refractivity contribution >= 4 is 23.2 Å². The molecule has 0 aromatic heterocycles. The van der Waals surface area contributed by atoms with Gasteiger partial charge in [-0.1, -0.05) is 6.07 Å². The van der Waals surface area contributed by atoms with Crippen LogP contribution in [0.15, 0.2) is 18.2 Å². The Balaban J connectivity index is 1.92. The van der Waals surface area contributed by atoms with Gasteiger partial charge < -0.3 is 16.8 Å². The number of piperidine rings is 1. The highest BCUT2D eigenvalue weighted by Gasteiger charge is 2.25. The van der Waals surface area contributed by atoms with Gasteiger partial charge in [0.15, 0.2) is 0 Å². The second-order valence-corrected chi connectivity index (χ2v) is 5.54. The van der Waals surface area contributed by atoms with Crippen LogP contribution < -0.4 is 16.8 Å². The highest BCUT2D eigenvalue weighted by Crippen LogP contribution is 2.21. The number of likely N-dealkylation sites (tertiary alicyclic amines) is 1. The number of rotatable bonds is 4. The molecule has 21 heavy (non-hydrogen) atoms. The molecule has 114 valence electrons. The highest BCUT2D eigenvalue weighted by atomic mass is 16.2. The maximum Gasteiger partial charge on any atom is 0.238 e. The second kappa shape index (κ2) is 6.58. The smallest absolute Gasteiger partial charge is 0.238 e. The summed E-state index contributed by atoms with van der Waals surface area (Å²) < 4.78 is 0. The summed E-state index contributed by atoms with van der Waals surface area (Å²) in [5.74, 6) is -0.540. The number of carbonyl (C=O) groups is 2. The van der Waals surface area contributed by atoms with E-state index in [1.807, 2.05) is 24.0 Å². The van der Waals surface area contributed by atoms with Gasteiger partial charge >= 0.3 is 0 Å². The van der Waals surface area contributed by atoms with Crippen LogP contribution in [0.4, 0.5) is 11.4 Å². The molecule has 0 aliphatic carbocycles. The van der Waals surface area contributed by atoms with Crippen molar-refractivity contribution in [1.82, 2.24) is 4.90 Å². The van der Waals surface area contributed by atoms with Gasteiger partial charge in [0.2, 0.25) is 11.8 Å². The maximum atomic E-state index is 12.1. The summed E-state index contributed by atoms with van der Waals surface area (Å²) in [5, 5.41) is 2.87. The first-order valence-electron chi connectivity index (χ1n) is 7.14. The highest BCUT2D eigenvalue weighted by molar-refractivity contribution is 5.93. The monoisotopic (exact) mass is 290 g/mol. The Morgan fingerprint density at radius 3 is 2.90 bits per heavy atom. The molecule has 6 heteroatoms. The molecule has 2 amide bonds. The molecular formula is C15H22N4O2. The van der Waals surface area contributed by atoms with Gasteiger partial charge in [0.05, 0.1) is 12.5 Å². The Labute approximate surface area is 124 Å². The van der Waals surface area contributed by atoms with Gasteiger partial charge in [-0.15, -0.1) is 0 Å². The summed E-state index contributed by atoms with van der Waals surface area (Å²) in [6.07, 6.45) is 1.69. The van der Waals surface area contributed by atoms with E-state index < -0.39 is 0 Å². The van der Waals surface area contributed by atoms with Crippen LogP contribution >= 0.6 is 0 Å². The number of benzene rings is 1. The summed E-state index contributed by atoms with van der Waals surface area (Å²) in [6.45, 7) is 3.50. The van der Waals surface area contributed by atoms with Crippen LogP contribution in [0.5, 0.6) is 0 Å². The molecule has 1 aliphatic rings. The summed E-state index contributed by atoms with van der Waals surface area (Å²) in [5.41, 5.74) is 13.4. The number of nitrogens with two attached hydrogens (primary N) is 2. The van der Waals surface area contributed by atoms with Crippen molar-refractivity contribution in [2.75, 3.05) is 30.7 Å². The van der Waals surface area contributed by atoms with Gasteiger partial charge in [-0.25, -0.2) is 0 Å². The van der Waals surface area contributed by atoms with Crippen molar-refractivity contribution < 1.29 is 9.59 Å². The first-order valence-corrected chi connectivity index (χ1v) is 7.14. The lowest BCUT2D eigenvalue weighted by Gasteiger charge is -2.30. The molecule has 1 aliphatic heterocycles. The van der Waals surface area contributed by atoms with Gasteiger partial charge in [-0.2, -0.15) is 0 Å². The number of hydrogen-bond donors (Lipinski definition) is 3. The Morgan fingerprint density at radius 2 is 2.19 bits per heavy atom. The fraction of sp³-hybridized carbons (Fsp3) is 0.467. The average molecular weight is 290 g/mol. The van der Waals surface area contributed by atoms with E-state index in [1.54, 1.807) is 6.07 Å². The topological polar surface area (TPSA) is 101 Å². The average Bonchev–Trinajstić information content (AvgIpc) is 2.44. The molecule has 2 rings (SSSR count). The lowest BCUT2D eigenvalue weighted by molar-refractivity contribution is -0.125. The van der Waals surface area contributed by atoms with Gasteiger partial charge in [0.25, 0.3) is 0 Å². The summed E-state index contributed by atoms with van der Waals surface area (Å²) >= 11 is 0. The summed E-state index contributed by atoms with van der Waals surface area (Å²) in [6, 6.07) is 5.43. The van der Waals surface area contributed by atoms with Crippen molar-refractivity contribution in [1.29, 1.82) is 0 Å². The van der Waals surface area contributed by atoms with Gasteiger partial charge in [-0.05, 0) is 44.0 Å². The van der Waals surface area contributed by atoms with Crippen LogP contribution in [0.3, 0.4) is 0 Å². The van der Waals surface area contributed by atoms with Crippen LogP contribution in [0.2, 0.25) is 0 Å². The van der Waals surface area contributed by atoms with E-state index >= 15 is 0 Å². The van der Waals surface area contributed by atoms with Crippen molar-refractivity contribution in [3.8, 4) is 0 Å². The third-order valence-corrected chi connectivity index (χ3v) is 3.92. The third kappa shape index (κ3) is 3.95. The molecule has 1 heterocycles. The number of primary amides is 1. The first kappa shape index (κ1) is 15.3. The van der Waals surface area contributed by atoms with Crippen LogP contribution in [0.25, 0.3) is 0 Å². The Kier molecular flexibility index (Phi) is 4.80. The number of amides is 2. The normalized spacial score (nSPS) is 19.2. The fourth-order valence-corrected chi connectivity index (χ4v) is 2.61. The second-order valence-electron chi connectivity index (χ2n) is 5.54. The zero-order valence-corrected chi connectivity index (χ0v) is 12.3. The van der Waals surface area contributed by atoms with Crippen LogP contribution in [-0.2, 0) is 9.59 Å². The first-order chi connectivity index (χ1) is 9.97. The summed E-state index contributed by atoms with van der Waals surface area (Å²) in [7, 11) is 0. The fourth-order valence-electron chi connectivity index (χ4n) is 2.61. The van der Waals surface area contributed by atoms with E-state index in [0.717, 1.165) is 30.6 Å². The quantitative estimate of drug-likeness (QED) is 0.711. The lowest BCUT2D eigenvalue weighted by Crippen LogP contribution is -2.44. The molecule has 1 atom stereocenters. The van der Waals surface area contributed by atoms with Gasteiger partial charge in [-0.3, -0.25) is 14.5 Å². The van der Waals surface area contributed by atoms with Crippen molar-refractivity contribution in [2.45, 2.75) is 19.8 Å². The van der Waals surface area contributed by atoms with E-state index in [0.29, 0.717) is 12.2 Å². The largest absolute Gasteiger partial charge is 0.398 e. The zero-order valence-electron chi connectivity index (χ0n) is 12.3. The van der Waals surface area contributed by atoms with Crippen LogP contribution in [-0.4, -0.2) is 36.3 Å². The SMILES string of the molecule is Cc1c(N)cccc1NC(=O)CN1CCCC(C(N)=O)C1. The number of hydrogen-bond acceptors (Lipinski definition) is 4. The Hall–Kier alpha value is -2.08. The Bertz CT molecular complexity index is 544. The van der Waals surface area contributed by atoms with Gasteiger partial charge in [0.1, 0.15) is 0 Å². The molecule has 0 spiro atoms. The van der Waals surface area contributed by atoms with Crippen LogP contribution in [0, 0.1) is 12.8 Å². The van der Waals surface area contributed by atoms with E-state index in [2.05, 4.69) is 5.32 Å². The standard InChI is InChI=1S/C15H22N4O2/c1-10-12(16)5-2-6-13(10)18-14(20)9-19-7-3-4-11(8-19)15(17)21/h2,5-6,11H,3-4,7-9,16H2,1H3,(H2,17,21)(H,18,20). The van der Waals surface area contributed by atoms with E-state index in [9.17, 15) is 9.59 Å². The number of nitrogens with zero attached hydrogens (tertiary/aromatic N) is 1. The minimum Gasteiger partial charge on any atom is -0.398 e. The number of anilines is 2. The number of nitrogen functional groups attached to an aromatic ring is 1. The molecule has 6 nitrogen and oxygen atoms in total. The molecule has 1 aromatic rings. The molecule has 1 aromatic carbocycles. The van der Waals surface area contributed by atoms with Crippen molar-refractivity contribution in [3.05, 3.63) is 23.8 Å². The van der Waals surface area contributed by atoms with Crippen LogP contribution in [0.1, 0.15) is 18.4 Å². The Morgan fingerprint density at radius 1 is 1.43 bits per heavy atom. The molecule has 1 unspecified atom stereocenters. The van der Waals surface area contributed by atoms with Gasteiger partial charge in [0, 0.05) is 17.9 Å². The predicted molar refractivity (Wildman–Crippen MR) is 82.6 cm³/mol. The lowest BCUT2D eigenvalue weighted by atomic mass is 9.97. The third-order valence-electron chi connectivity index (χ3n) is 3.92. The molecule has 5 N–H and O–H groups in total. The predicted octanol–water partition coefficient (Wildman–Crippen LogP) is 0.713. The number of carbonyl (C=O) groups excluding carboxylic acids is 2. The molecule has 0 bridgehead atoms. The van der Waals surface area contributed by atoms with E-state index in [1.165, 1.54) is 0 Å². The maximum absolute atomic E-state index is 12.1. The molecule has 1 saturated heterocycles. The zero-order chi connectivity index (χ0) is 15.4.